The predicted octanol–water partition coefficient (Wildman–Crippen LogP) is 0.277. The van der Waals surface area contributed by atoms with E-state index in [1.165, 1.54) is 0 Å². The van der Waals surface area contributed by atoms with Gasteiger partial charge in [-0.05, 0) is 12.2 Å². The Kier molecular flexibility index (Phi) is 7.83. The number of nitrogens with zero attached hydrogens (tertiary/aromatic N) is 2. The minimum Gasteiger partial charge on any atom is -0.381 e. The van der Waals surface area contributed by atoms with Crippen molar-refractivity contribution in [3.8, 4) is 12.3 Å². The summed E-state index contributed by atoms with van der Waals surface area (Å²) in [7, 11) is -17.1. The van der Waals surface area contributed by atoms with Crippen molar-refractivity contribution in [2.75, 3.05) is 12.3 Å². The molecule has 0 amide bonds. The average molecular weight is 543 g/mol. The van der Waals surface area contributed by atoms with Crippen LogP contribution >= 0.6 is 35.7 Å². The number of nitrogens with two attached hydrogens (primary N) is 1. The molecule has 0 aromatic carbocycles. The van der Waals surface area contributed by atoms with Gasteiger partial charge in [-0.25, -0.2) is 22.5 Å². The number of hydrogen-bond acceptors (Lipinski definition) is 11. The van der Waals surface area contributed by atoms with E-state index in [0.717, 1.165) is 0 Å². The third-order valence-corrected chi connectivity index (χ3v) is 7.77. The van der Waals surface area contributed by atoms with Crippen molar-refractivity contribution < 1.29 is 65.0 Å². The zero-order valence-corrected chi connectivity index (χ0v) is 18.7. The number of aromatic nitrogens is 2. The van der Waals surface area contributed by atoms with Crippen LogP contribution in [-0.4, -0.2) is 58.7 Å². The van der Waals surface area contributed by atoms with Crippen molar-refractivity contribution >= 4 is 41.5 Å². The summed E-state index contributed by atoms with van der Waals surface area (Å²) < 4.78 is 78.8. The van der Waals surface area contributed by atoms with Gasteiger partial charge < -0.3 is 35.2 Å². The molecule has 0 bridgehead atoms. The van der Waals surface area contributed by atoms with Gasteiger partial charge in [-0.1, -0.05) is 5.92 Å². The molecule has 21 heteroatoms. The van der Waals surface area contributed by atoms with Gasteiger partial charge in [-0.3, -0.25) is 9.09 Å². The van der Waals surface area contributed by atoms with Gasteiger partial charge in [0.2, 0.25) is 10.4 Å². The van der Waals surface area contributed by atoms with Crippen LogP contribution in [0.4, 0.5) is 14.6 Å². The molecular formula is C11H14F2N3O12P3S. The fourth-order valence-electron chi connectivity index (χ4n) is 2.41. The number of phosphoric acid groups is 3. The molecular weight excluding hydrogens is 529 g/mol. The lowest BCUT2D eigenvalue weighted by atomic mass is 9.96. The Balaban J connectivity index is 2.22. The van der Waals surface area contributed by atoms with Gasteiger partial charge >= 0.3 is 23.5 Å². The normalized spacial score (nSPS) is 29.8. The monoisotopic (exact) mass is 543 g/mol. The molecule has 7 N–H and O–H groups in total. The number of anilines is 1. The summed E-state index contributed by atoms with van der Waals surface area (Å²) in [5.74, 6) is -0.0585. The fraction of sp³-hybridized carbons (Fsp3) is 0.455. The number of halogens is 2. The molecule has 6 atom stereocenters. The summed E-state index contributed by atoms with van der Waals surface area (Å²) in [6.07, 6.45) is -0.691. The van der Waals surface area contributed by atoms with E-state index in [1.54, 1.807) is 5.92 Å². The number of ether oxygens (including phenoxy) is 1. The van der Waals surface area contributed by atoms with Gasteiger partial charge in [0, 0.05) is 6.20 Å². The Labute approximate surface area is 182 Å². The summed E-state index contributed by atoms with van der Waals surface area (Å²) in [5, 5.41) is 10.5. The summed E-state index contributed by atoms with van der Waals surface area (Å²) in [6, 6.07) is 0. The van der Waals surface area contributed by atoms with Crippen molar-refractivity contribution in [2.45, 2.75) is 24.1 Å². The highest BCUT2D eigenvalue weighted by Crippen LogP contribution is 2.66. The second-order valence-corrected chi connectivity index (χ2v) is 10.7. The molecule has 15 nitrogen and oxygen atoms in total. The molecule has 1 aliphatic heterocycles. The van der Waals surface area contributed by atoms with E-state index in [4.69, 9.17) is 43.8 Å². The minimum atomic E-state index is -5.82. The van der Waals surface area contributed by atoms with E-state index in [2.05, 4.69) is 18.1 Å². The van der Waals surface area contributed by atoms with Crippen LogP contribution in [0, 0.1) is 22.9 Å². The average Bonchev–Trinajstić information content (AvgIpc) is 2.85. The quantitative estimate of drug-likeness (QED) is 0.147. The van der Waals surface area contributed by atoms with Crippen molar-refractivity contribution in [2.24, 2.45) is 0 Å². The molecule has 1 aromatic heterocycles. The van der Waals surface area contributed by atoms with E-state index in [1.807, 2.05) is 0 Å². The molecule has 1 fully saturated rings. The van der Waals surface area contributed by atoms with E-state index in [0.29, 0.717) is 10.8 Å². The lowest BCUT2D eigenvalue weighted by Gasteiger charge is -2.26. The van der Waals surface area contributed by atoms with Crippen molar-refractivity contribution in [1.82, 2.24) is 9.55 Å². The smallest absolute Gasteiger partial charge is 0.381 e. The molecule has 0 spiro atoms. The molecule has 1 aliphatic rings. The van der Waals surface area contributed by atoms with Crippen LogP contribution < -0.4 is 5.73 Å². The van der Waals surface area contributed by atoms with Gasteiger partial charge in [-0.15, -0.1) is 6.42 Å². The first-order valence-electron chi connectivity index (χ1n) is 7.73. The van der Waals surface area contributed by atoms with E-state index in [-0.39, 0.29) is 0 Å². The van der Waals surface area contributed by atoms with Crippen LogP contribution in [0.15, 0.2) is 6.20 Å². The number of alkyl halides is 1. The maximum atomic E-state index is 14.8. The van der Waals surface area contributed by atoms with Crippen LogP contribution in [0.1, 0.15) is 6.23 Å². The van der Waals surface area contributed by atoms with Crippen LogP contribution in [-0.2, 0) is 31.6 Å². The van der Waals surface area contributed by atoms with Gasteiger partial charge in [-0.2, -0.15) is 13.6 Å². The predicted molar refractivity (Wildman–Crippen MR) is 99.8 cm³/mol. The Morgan fingerprint density at radius 1 is 1.31 bits per heavy atom. The highest BCUT2D eigenvalue weighted by molar-refractivity contribution is 7.71. The molecule has 2 rings (SSSR count). The van der Waals surface area contributed by atoms with E-state index >= 15 is 0 Å². The first kappa shape index (κ1) is 27.1. The Bertz CT molecular complexity index is 1140. The highest BCUT2D eigenvalue weighted by Gasteiger charge is 2.57. The summed E-state index contributed by atoms with van der Waals surface area (Å²) in [6.45, 7) is -1.27. The van der Waals surface area contributed by atoms with Gasteiger partial charge in [0.15, 0.2) is 24.0 Å². The number of hydrogen-bond donors (Lipinski definition) is 6. The van der Waals surface area contributed by atoms with Crippen molar-refractivity contribution in [3.05, 3.63) is 16.8 Å². The van der Waals surface area contributed by atoms with Crippen molar-refractivity contribution in [3.63, 3.8) is 0 Å². The standard InChI is InChI=1S/C11H14F2N3O12P3S/c1-2-11(17)7(13)6(26-9(11)16-3-5(12)8(14)15-10(16)32)4-25-30(21,22)28-31(23,24)27-29(18,19)20/h1,3,6-7,9,17H,4H2,(H,21,22)(H,23,24)(H2,14,15,32)(H2,18,19,20)/t6-,7?,9-,11-/m1/s1. The molecule has 1 aromatic rings. The number of terminal acetylenes is 1. The third-order valence-electron chi connectivity index (χ3n) is 3.66. The van der Waals surface area contributed by atoms with E-state index < -0.39 is 70.6 Å². The largest absolute Gasteiger partial charge is 0.490 e. The Morgan fingerprint density at radius 3 is 2.44 bits per heavy atom. The van der Waals surface area contributed by atoms with Gasteiger partial charge in [0.1, 0.15) is 6.10 Å². The first-order valence-corrected chi connectivity index (χ1v) is 12.7. The Morgan fingerprint density at radius 2 is 1.91 bits per heavy atom. The maximum absolute atomic E-state index is 14.8. The topological polar surface area (TPSA) is 233 Å². The summed E-state index contributed by atoms with van der Waals surface area (Å²) in [4.78, 5) is 38.9. The number of rotatable bonds is 8. The third kappa shape index (κ3) is 6.25. The van der Waals surface area contributed by atoms with Crippen LogP contribution in [0.2, 0.25) is 0 Å². The lowest BCUT2D eigenvalue weighted by molar-refractivity contribution is -0.0738. The lowest BCUT2D eigenvalue weighted by Crippen LogP contribution is -2.43. The van der Waals surface area contributed by atoms with Gasteiger partial charge in [0.25, 0.3) is 0 Å². The van der Waals surface area contributed by atoms with Crippen LogP contribution in [0.25, 0.3) is 0 Å². The molecule has 32 heavy (non-hydrogen) atoms. The van der Waals surface area contributed by atoms with E-state index in [9.17, 15) is 32.5 Å². The molecule has 2 heterocycles. The highest BCUT2D eigenvalue weighted by atomic mass is 32.1. The number of phosphoric ester groups is 1. The SMILES string of the molecule is C#C[C@@]1(O)C(F)[C@@H](COP(=O)(O)OP(=O)(O)OP(=O)(O)O)O[C@H]1n1cc(F)c(N)nc1=S. The zero-order valence-electron chi connectivity index (χ0n) is 15.2. The van der Waals surface area contributed by atoms with Crippen LogP contribution in [0.5, 0.6) is 0 Å². The summed E-state index contributed by atoms with van der Waals surface area (Å²) in [5.41, 5.74) is 2.42. The minimum absolute atomic E-state index is 0.483. The van der Waals surface area contributed by atoms with Gasteiger partial charge in [0.05, 0.1) is 6.61 Å². The van der Waals surface area contributed by atoms with Crippen molar-refractivity contribution in [1.29, 1.82) is 0 Å². The second-order valence-electron chi connectivity index (χ2n) is 5.95. The fourth-order valence-corrected chi connectivity index (χ4v) is 5.68. The molecule has 1 saturated heterocycles. The Hall–Kier alpha value is -1.15. The van der Waals surface area contributed by atoms with Crippen LogP contribution in [0.3, 0.4) is 0 Å². The molecule has 0 radical (unpaired) electrons. The summed E-state index contributed by atoms with van der Waals surface area (Å²) >= 11 is 4.84. The molecule has 0 saturated carbocycles. The molecule has 180 valence electrons. The maximum Gasteiger partial charge on any atom is 0.490 e. The zero-order chi connectivity index (χ0) is 24.7. The molecule has 3 unspecified atom stereocenters. The number of nitrogen functional groups attached to an aromatic ring is 1. The molecule has 0 aliphatic carbocycles. The second kappa shape index (κ2) is 9.24. The number of aliphatic hydroxyl groups is 1. The first-order chi connectivity index (χ1) is 14.4.